The molecule has 4 aromatic heterocycles. The molecule has 4 heterocycles. The van der Waals surface area contributed by atoms with Gasteiger partial charge in [0.05, 0.1) is 34.8 Å². The number of hydrogen-bond acceptors (Lipinski definition) is 4. The van der Waals surface area contributed by atoms with E-state index in [0.717, 1.165) is 22.5 Å². The fourth-order valence-electron chi connectivity index (χ4n) is 4.45. The van der Waals surface area contributed by atoms with E-state index < -0.39 is 0 Å². The van der Waals surface area contributed by atoms with Gasteiger partial charge in [0, 0.05) is 11.3 Å². The summed E-state index contributed by atoms with van der Waals surface area (Å²) < 4.78 is 4.65. The van der Waals surface area contributed by atoms with Crippen molar-refractivity contribution in [3.8, 4) is 16.9 Å². The smallest absolute Gasteiger partial charge is 0.181 e. The molecule has 0 radical (unpaired) electrons. The van der Waals surface area contributed by atoms with Crippen molar-refractivity contribution in [2.75, 3.05) is 0 Å². The molecule has 0 atom stereocenters. The van der Waals surface area contributed by atoms with Gasteiger partial charge in [0.15, 0.2) is 5.65 Å². The van der Waals surface area contributed by atoms with Crippen molar-refractivity contribution in [2.24, 2.45) is 0 Å². The van der Waals surface area contributed by atoms with Gasteiger partial charge in [-0.2, -0.15) is 0 Å². The number of nitrogens with zero attached hydrogens (tertiary/aromatic N) is 6. The quantitative estimate of drug-likeness (QED) is 0.289. The average Bonchev–Trinajstić information content (AvgIpc) is 3.38. The Hall–Kier alpha value is -4.32. The summed E-state index contributed by atoms with van der Waals surface area (Å²) in [5.74, 6) is 0. The summed E-state index contributed by atoms with van der Waals surface area (Å²) >= 11 is 0. The van der Waals surface area contributed by atoms with Crippen LogP contribution in [0.1, 0.15) is 23.7 Å². The molecular weight excluding hydrogens is 420 g/mol. The minimum Gasteiger partial charge on any atom is -0.298 e. The Labute approximate surface area is 198 Å². The molecule has 0 spiro atoms. The number of rotatable bonds is 2. The summed E-state index contributed by atoms with van der Waals surface area (Å²) in [4.78, 5) is 17.5. The van der Waals surface area contributed by atoms with E-state index in [1.165, 1.54) is 34.3 Å². The van der Waals surface area contributed by atoms with Gasteiger partial charge in [-0.1, -0.05) is 18.2 Å². The second-order valence-electron chi connectivity index (χ2n) is 8.34. The summed E-state index contributed by atoms with van der Waals surface area (Å²) in [5.41, 5.74) is 11.5. The van der Waals surface area contributed by atoms with Crippen LogP contribution in [0.15, 0.2) is 79.9 Å². The number of aryl methyl sites for hydroxylation is 3. The van der Waals surface area contributed by atoms with Crippen molar-refractivity contribution in [3.63, 3.8) is 0 Å². The van der Waals surface area contributed by atoms with Crippen LogP contribution in [-0.2, 0) is 0 Å². The van der Waals surface area contributed by atoms with E-state index in [-0.39, 0.29) is 0 Å². The maximum absolute atomic E-state index is 4.72. The maximum Gasteiger partial charge on any atom is 0.181 e. The molecule has 0 aliphatic rings. The molecule has 168 valence electrons. The second-order valence-corrected chi connectivity index (χ2v) is 8.34. The molecule has 0 saturated heterocycles. The lowest BCUT2D eigenvalue weighted by Crippen LogP contribution is -2.00. The Kier molecular flexibility index (Phi) is 5.42. The number of allylic oxidation sites excluding steroid dienone is 1. The van der Waals surface area contributed by atoms with Gasteiger partial charge in [0.2, 0.25) is 0 Å². The number of aromatic nitrogens is 6. The summed E-state index contributed by atoms with van der Waals surface area (Å²) in [6.45, 7) is 11.7. The second kappa shape index (κ2) is 8.56. The van der Waals surface area contributed by atoms with Crippen LogP contribution < -0.4 is 0 Å². The zero-order valence-electron chi connectivity index (χ0n) is 19.8. The molecular formula is C28H26N6. The van der Waals surface area contributed by atoms with Gasteiger partial charge >= 0.3 is 0 Å². The van der Waals surface area contributed by atoms with Crippen LogP contribution in [0.25, 0.3) is 44.8 Å². The highest BCUT2D eigenvalue weighted by atomic mass is 15.1. The number of para-hydroxylation sites is 2. The largest absolute Gasteiger partial charge is 0.298 e. The first-order chi connectivity index (χ1) is 16.5. The fraction of sp³-hybridized carbons (Fsp3) is 0.143. The zero-order valence-corrected chi connectivity index (χ0v) is 19.8. The summed E-state index contributed by atoms with van der Waals surface area (Å²) in [6.07, 6.45) is 6.74. The molecule has 0 amide bonds. The topological polar surface area (TPSA) is 60.9 Å². The monoisotopic (exact) mass is 446 g/mol. The number of benzene rings is 2. The minimum atomic E-state index is 0.607. The van der Waals surface area contributed by atoms with E-state index in [0.29, 0.717) is 11.2 Å². The van der Waals surface area contributed by atoms with E-state index >= 15 is 0 Å². The maximum atomic E-state index is 4.72. The van der Waals surface area contributed by atoms with E-state index in [2.05, 4.69) is 99.8 Å². The lowest BCUT2D eigenvalue weighted by Gasteiger charge is -2.14. The lowest BCUT2D eigenvalue weighted by atomic mass is 10.0. The van der Waals surface area contributed by atoms with E-state index in [1.807, 2.05) is 6.92 Å². The molecule has 0 aliphatic heterocycles. The van der Waals surface area contributed by atoms with Crippen LogP contribution in [0.2, 0.25) is 0 Å². The lowest BCUT2D eigenvalue weighted by molar-refractivity contribution is 1.09. The van der Waals surface area contributed by atoms with Crippen LogP contribution in [0.4, 0.5) is 0 Å². The predicted octanol–water partition coefficient (Wildman–Crippen LogP) is 6.40. The molecule has 2 aromatic carbocycles. The van der Waals surface area contributed by atoms with Gasteiger partial charge in [0.1, 0.15) is 17.5 Å². The van der Waals surface area contributed by atoms with Gasteiger partial charge in [-0.3, -0.25) is 8.97 Å². The fourth-order valence-corrected chi connectivity index (χ4v) is 4.45. The minimum absolute atomic E-state index is 0.607. The standard InChI is InChI=1S/C25H20N6.C3H6/c1-15-11-23(31-22-7-5-4-6-21(22)30-17(3)8-9-24(30)31)16(2)10-18(15)19-13-27-20-12-26-14-28-25(20)29-19;1-3-2/h4-14H,1-3H3;3H,1H2,2H3. The Bertz CT molecular complexity index is 1670. The average molecular weight is 447 g/mol. The Morgan fingerprint density at radius 3 is 2.44 bits per heavy atom. The van der Waals surface area contributed by atoms with E-state index in [1.54, 1.807) is 18.5 Å². The number of hydrogen-bond donors (Lipinski definition) is 0. The third kappa shape index (κ3) is 3.44. The van der Waals surface area contributed by atoms with Crippen LogP contribution in [0, 0.1) is 20.8 Å². The van der Waals surface area contributed by atoms with Crippen LogP contribution in [0.5, 0.6) is 0 Å². The predicted molar refractivity (Wildman–Crippen MR) is 138 cm³/mol. The van der Waals surface area contributed by atoms with E-state index in [9.17, 15) is 0 Å². The first-order valence-electron chi connectivity index (χ1n) is 11.2. The van der Waals surface area contributed by atoms with Crippen LogP contribution in [0.3, 0.4) is 0 Å². The van der Waals surface area contributed by atoms with Crippen molar-refractivity contribution >= 4 is 27.8 Å². The van der Waals surface area contributed by atoms with Gasteiger partial charge in [-0.25, -0.2) is 19.9 Å². The molecule has 0 N–H and O–H groups in total. The Morgan fingerprint density at radius 1 is 0.882 bits per heavy atom. The summed E-state index contributed by atoms with van der Waals surface area (Å²) in [6, 6.07) is 17.3. The molecule has 0 unspecified atom stereocenters. The first-order valence-corrected chi connectivity index (χ1v) is 11.2. The molecule has 6 aromatic rings. The van der Waals surface area contributed by atoms with Crippen molar-refractivity contribution in [2.45, 2.75) is 27.7 Å². The van der Waals surface area contributed by atoms with Crippen LogP contribution >= 0.6 is 0 Å². The summed E-state index contributed by atoms with van der Waals surface area (Å²) in [5, 5.41) is 0. The van der Waals surface area contributed by atoms with Crippen molar-refractivity contribution in [1.29, 1.82) is 0 Å². The molecule has 6 rings (SSSR count). The third-order valence-electron chi connectivity index (χ3n) is 5.93. The van der Waals surface area contributed by atoms with Gasteiger partial charge in [-0.15, -0.1) is 6.58 Å². The third-order valence-corrected chi connectivity index (χ3v) is 5.93. The number of fused-ring (bicyclic) bond motifs is 4. The Morgan fingerprint density at radius 2 is 1.65 bits per heavy atom. The highest BCUT2D eigenvalue weighted by molar-refractivity contribution is 5.86. The molecule has 0 bridgehead atoms. The van der Waals surface area contributed by atoms with Gasteiger partial charge in [0.25, 0.3) is 0 Å². The number of imidazole rings is 1. The van der Waals surface area contributed by atoms with Crippen molar-refractivity contribution in [1.82, 2.24) is 28.9 Å². The molecule has 0 aliphatic carbocycles. The van der Waals surface area contributed by atoms with Gasteiger partial charge < -0.3 is 0 Å². The van der Waals surface area contributed by atoms with Crippen molar-refractivity contribution in [3.05, 3.63) is 96.7 Å². The molecule has 0 fully saturated rings. The molecule has 6 nitrogen and oxygen atoms in total. The SMILES string of the molecule is C=CC.Cc1cc(-n2c3ccccc3n3c(C)ccc23)c(C)cc1-c1cnc2cncnc2n1. The molecule has 34 heavy (non-hydrogen) atoms. The van der Waals surface area contributed by atoms with Gasteiger partial charge in [-0.05, 0) is 75.2 Å². The highest BCUT2D eigenvalue weighted by Crippen LogP contribution is 2.32. The highest BCUT2D eigenvalue weighted by Gasteiger charge is 2.17. The van der Waals surface area contributed by atoms with E-state index in [4.69, 9.17) is 4.98 Å². The first kappa shape index (κ1) is 21.5. The molecule has 0 saturated carbocycles. The normalized spacial score (nSPS) is 11.1. The zero-order chi connectivity index (χ0) is 23.8. The van der Waals surface area contributed by atoms with Crippen LogP contribution in [-0.4, -0.2) is 28.9 Å². The molecule has 6 heteroatoms. The Balaban J connectivity index is 0.000000764. The van der Waals surface area contributed by atoms with Crippen molar-refractivity contribution < 1.29 is 0 Å². The summed E-state index contributed by atoms with van der Waals surface area (Å²) in [7, 11) is 0.